The van der Waals surface area contributed by atoms with Crippen LogP contribution in [0, 0.1) is 17.2 Å². The fourth-order valence-electron chi connectivity index (χ4n) is 5.41. The number of carbonyl (C=O) groups is 1. The summed E-state index contributed by atoms with van der Waals surface area (Å²) in [5.41, 5.74) is 5.00. The van der Waals surface area contributed by atoms with Gasteiger partial charge < -0.3 is 11.1 Å². The van der Waals surface area contributed by atoms with Crippen molar-refractivity contribution in [1.82, 2.24) is 14.7 Å². The Morgan fingerprint density at radius 2 is 1.91 bits per heavy atom. The first-order chi connectivity index (χ1) is 15.9. The van der Waals surface area contributed by atoms with Gasteiger partial charge in [0.15, 0.2) is 11.5 Å². The number of halogens is 1. The third kappa shape index (κ3) is 4.22. The van der Waals surface area contributed by atoms with Crippen molar-refractivity contribution in [1.29, 1.82) is 5.26 Å². The predicted molar refractivity (Wildman–Crippen MR) is 123 cm³/mol. The molecule has 2 aliphatic carbocycles. The Hall–Kier alpha value is -2.92. The molecule has 2 heterocycles. The number of nitrogens with two attached hydrogens (primary N) is 1. The van der Waals surface area contributed by atoms with Crippen molar-refractivity contribution >= 4 is 11.7 Å². The second kappa shape index (κ2) is 8.45. The minimum Gasteiger partial charge on any atom is -0.368 e. The first-order valence-corrected chi connectivity index (χ1v) is 11.9. The lowest BCUT2D eigenvalue weighted by Crippen LogP contribution is -2.61. The van der Waals surface area contributed by atoms with E-state index < -0.39 is 17.1 Å². The summed E-state index contributed by atoms with van der Waals surface area (Å²) in [4.78, 5) is 14.3. The summed E-state index contributed by atoms with van der Waals surface area (Å²) < 4.78 is 17.1. The van der Waals surface area contributed by atoms with Crippen molar-refractivity contribution in [3.05, 3.63) is 47.7 Å². The maximum atomic E-state index is 15.3. The van der Waals surface area contributed by atoms with Crippen molar-refractivity contribution in [2.24, 2.45) is 11.7 Å². The second-order valence-corrected chi connectivity index (χ2v) is 10.1. The van der Waals surface area contributed by atoms with Crippen molar-refractivity contribution in [3.8, 4) is 6.07 Å². The largest absolute Gasteiger partial charge is 0.368 e. The standard InChI is InChI=1S/C25H31FN6O/c26-25(19-4-2-1-3-5-19)16-31(17-25)20-8-10-24(11-9-20,12-13-27)32-15-21(22(28)33)23(30-32)29-14-18-6-7-18/h1-5,15,18,20H,6-12,14,16-17H2,(H2,28,33)(H,29,30). The number of anilines is 1. The van der Waals surface area contributed by atoms with Crippen LogP contribution in [0.1, 0.15) is 60.9 Å². The molecule has 3 aliphatic rings. The van der Waals surface area contributed by atoms with E-state index >= 15 is 4.39 Å². The normalized spacial score (nSPS) is 26.8. The molecule has 2 aromatic rings. The quantitative estimate of drug-likeness (QED) is 0.641. The lowest BCUT2D eigenvalue weighted by Gasteiger charge is -2.51. The molecule has 174 valence electrons. The van der Waals surface area contributed by atoms with E-state index in [2.05, 4.69) is 16.3 Å². The molecule has 3 fully saturated rings. The third-order valence-corrected chi connectivity index (χ3v) is 7.73. The number of primary amides is 1. The zero-order valence-electron chi connectivity index (χ0n) is 18.8. The van der Waals surface area contributed by atoms with E-state index in [4.69, 9.17) is 10.8 Å². The highest BCUT2D eigenvalue weighted by Crippen LogP contribution is 2.44. The summed E-state index contributed by atoms with van der Waals surface area (Å²) in [6, 6.07) is 12.0. The van der Waals surface area contributed by atoms with Gasteiger partial charge in [0, 0.05) is 31.9 Å². The monoisotopic (exact) mass is 450 g/mol. The summed E-state index contributed by atoms with van der Waals surface area (Å²) in [6.07, 6.45) is 7.66. The predicted octanol–water partition coefficient (Wildman–Crippen LogP) is 3.54. The van der Waals surface area contributed by atoms with Gasteiger partial charge in [-0.05, 0) is 50.0 Å². The number of alkyl halides is 1. The van der Waals surface area contributed by atoms with Crippen LogP contribution in [0.4, 0.5) is 10.2 Å². The average Bonchev–Trinajstić information content (AvgIpc) is 3.53. The zero-order valence-corrected chi connectivity index (χ0v) is 18.8. The molecule has 1 amide bonds. The molecule has 1 aromatic heterocycles. The van der Waals surface area contributed by atoms with Gasteiger partial charge in [-0.2, -0.15) is 10.4 Å². The maximum Gasteiger partial charge on any atom is 0.254 e. The lowest BCUT2D eigenvalue weighted by atomic mass is 9.75. The van der Waals surface area contributed by atoms with Gasteiger partial charge in [-0.1, -0.05) is 30.3 Å². The molecule has 7 nitrogen and oxygen atoms in total. The van der Waals surface area contributed by atoms with Gasteiger partial charge in [0.05, 0.1) is 18.0 Å². The van der Waals surface area contributed by atoms with Crippen LogP contribution in [0.15, 0.2) is 36.5 Å². The highest BCUT2D eigenvalue weighted by atomic mass is 19.1. The Labute approximate surface area is 193 Å². The molecule has 1 aliphatic heterocycles. The highest BCUT2D eigenvalue weighted by molar-refractivity contribution is 5.97. The van der Waals surface area contributed by atoms with E-state index in [0.717, 1.165) is 37.8 Å². The molecule has 0 unspecified atom stereocenters. The number of nitriles is 1. The van der Waals surface area contributed by atoms with Gasteiger partial charge in [0.2, 0.25) is 0 Å². The number of carbonyl (C=O) groups excluding carboxylic acids is 1. The first kappa shape index (κ1) is 21.9. The Bertz CT molecular complexity index is 1040. The summed E-state index contributed by atoms with van der Waals surface area (Å²) in [5.74, 6) is 0.636. The van der Waals surface area contributed by atoms with Gasteiger partial charge in [-0.25, -0.2) is 4.39 Å². The number of aromatic nitrogens is 2. The molecule has 0 radical (unpaired) electrons. The minimum absolute atomic E-state index is 0.294. The molecular weight excluding hydrogens is 419 g/mol. The highest BCUT2D eigenvalue weighted by Gasteiger charge is 2.49. The Morgan fingerprint density at radius 3 is 2.52 bits per heavy atom. The topological polar surface area (TPSA) is 100.0 Å². The van der Waals surface area contributed by atoms with Crippen LogP contribution in [0.3, 0.4) is 0 Å². The van der Waals surface area contributed by atoms with Gasteiger partial charge in [-0.15, -0.1) is 0 Å². The van der Waals surface area contributed by atoms with Crippen molar-refractivity contribution in [3.63, 3.8) is 0 Å². The summed E-state index contributed by atoms with van der Waals surface area (Å²) >= 11 is 0. The first-order valence-electron chi connectivity index (χ1n) is 11.9. The van der Waals surface area contributed by atoms with E-state index in [-0.39, 0.29) is 0 Å². The fraction of sp³-hybridized carbons (Fsp3) is 0.560. The number of nitrogens with one attached hydrogen (secondary N) is 1. The summed E-state index contributed by atoms with van der Waals surface area (Å²) in [6.45, 7) is 1.61. The van der Waals surface area contributed by atoms with E-state index in [0.29, 0.717) is 42.9 Å². The average molecular weight is 451 g/mol. The molecule has 33 heavy (non-hydrogen) atoms. The Morgan fingerprint density at radius 1 is 1.21 bits per heavy atom. The molecule has 1 saturated heterocycles. The number of hydrogen-bond donors (Lipinski definition) is 2. The Kier molecular flexibility index (Phi) is 5.61. The van der Waals surface area contributed by atoms with Gasteiger partial charge in [0.25, 0.3) is 5.91 Å². The summed E-state index contributed by atoms with van der Waals surface area (Å²) in [7, 11) is 0. The number of nitrogens with zero attached hydrogens (tertiary/aromatic N) is 4. The third-order valence-electron chi connectivity index (χ3n) is 7.73. The number of benzene rings is 1. The number of amides is 1. The smallest absolute Gasteiger partial charge is 0.254 e. The van der Waals surface area contributed by atoms with Crippen LogP contribution >= 0.6 is 0 Å². The second-order valence-electron chi connectivity index (χ2n) is 10.1. The van der Waals surface area contributed by atoms with Gasteiger partial charge in [0.1, 0.15) is 5.56 Å². The number of rotatable bonds is 8. The number of likely N-dealkylation sites (tertiary alicyclic amines) is 1. The zero-order chi connectivity index (χ0) is 23.1. The van der Waals surface area contributed by atoms with Crippen molar-refractivity contribution in [2.75, 3.05) is 25.0 Å². The van der Waals surface area contributed by atoms with Gasteiger partial charge in [-0.3, -0.25) is 14.4 Å². The molecule has 3 N–H and O–H groups in total. The minimum atomic E-state index is -1.27. The molecular formula is C25H31FN6O. The molecule has 8 heteroatoms. The van der Waals surface area contributed by atoms with Crippen LogP contribution in [0.2, 0.25) is 0 Å². The molecule has 2 saturated carbocycles. The van der Waals surface area contributed by atoms with Crippen LogP contribution in [-0.2, 0) is 11.2 Å². The SMILES string of the molecule is N#CCC1(n2cc(C(N)=O)c(NCC3CC3)n2)CCC(N2CC(F)(c3ccccc3)C2)CC1. The van der Waals surface area contributed by atoms with Crippen molar-refractivity contribution < 1.29 is 9.18 Å². The molecule has 0 atom stereocenters. The van der Waals surface area contributed by atoms with Crippen molar-refractivity contribution in [2.45, 2.75) is 62.2 Å². The van der Waals surface area contributed by atoms with Crippen LogP contribution in [0.5, 0.6) is 0 Å². The molecule has 0 spiro atoms. The van der Waals surface area contributed by atoms with Crippen LogP contribution in [-0.4, -0.2) is 46.3 Å². The van der Waals surface area contributed by atoms with E-state index in [9.17, 15) is 10.1 Å². The lowest BCUT2D eigenvalue weighted by molar-refractivity contribution is -0.0766. The maximum absolute atomic E-state index is 15.3. The van der Waals surface area contributed by atoms with E-state index in [1.165, 1.54) is 12.8 Å². The fourth-order valence-corrected chi connectivity index (χ4v) is 5.41. The Balaban J connectivity index is 1.27. The van der Waals surface area contributed by atoms with E-state index in [1.54, 1.807) is 10.9 Å². The molecule has 0 bridgehead atoms. The summed E-state index contributed by atoms with van der Waals surface area (Å²) in [5, 5.41) is 17.6. The van der Waals surface area contributed by atoms with Crippen LogP contribution in [0.25, 0.3) is 0 Å². The molecule has 5 rings (SSSR count). The number of hydrogen-bond acceptors (Lipinski definition) is 5. The van der Waals surface area contributed by atoms with Gasteiger partial charge >= 0.3 is 0 Å². The molecule has 1 aromatic carbocycles. The van der Waals surface area contributed by atoms with Crippen LogP contribution < -0.4 is 11.1 Å². The van der Waals surface area contributed by atoms with E-state index in [1.807, 2.05) is 30.3 Å².